The van der Waals surface area contributed by atoms with E-state index in [0.717, 1.165) is 31.9 Å². The maximum Gasteiger partial charge on any atom is 0.137 e. The molecule has 5 heteroatoms. The van der Waals surface area contributed by atoms with E-state index in [2.05, 4.69) is 16.8 Å². The highest BCUT2D eigenvalue weighted by molar-refractivity contribution is 6.43. The summed E-state index contributed by atoms with van der Waals surface area (Å²) in [5.74, 6) is 0.0445. The summed E-state index contributed by atoms with van der Waals surface area (Å²) in [4.78, 5) is 4.47. The average molecular weight is 261 g/mol. The molecule has 0 spiro atoms. The molecule has 1 aliphatic heterocycles. The van der Waals surface area contributed by atoms with Crippen LogP contribution in [0, 0.1) is 0 Å². The Bertz CT molecular complexity index is 367. The van der Waals surface area contributed by atoms with Crippen LogP contribution in [0.4, 0.5) is 5.69 Å². The summed E-state index contributed by atoms with van der Waals surface area (Å²) >= 11 is 11.7. The lowest BCUT2D eigenvalue weighted by molar-refractivity contribution is 0.312. The van der Waals surface area contributed by atoms with E-state index in [4.69, 9.17) is 23.2 Å². The van der Waals surface area contributed by atoms with Gasteiger partial charge >= 0.3 is 0 Å². The van der Waals surface area contributed by atoms with Gasteiger partial charge in [-0.3, -0.25) is 0 Å². The van der Waals surface area contributed by atoms with Crippen LogP contribution in [0.5, 0.6) is 5.75 Å². The molecule has 1 saturated heterocycles. The first-order valence-corrected chi connectivity index (χ1v) is 5.95. The summed E-state index contributed by atoms with van der Waals surface area (Å²) < 4.78 is 0. The molecule has 3 nitrogen and oxygen atoms in total. The van der Waals surface area contributed by atoms with Crippen molar-refractivity contribution < 1.29 is 5.11 Å². The van der Waals surface area contributed by atoms with Crippen LogP contribution in [0.3, 0.4) is 0 Å². The fraction of sp³-hybridized carbons (Fsp3) is 0.455. The quantitative estimate of drug-likeness (QED) is 0.841. The molecule has 1 heterocycles. The Morgan fingerprint density at radius 1 is 1.12 bits per heavy atom. The van der Waals surface area contributed by atoms with E-state index in [9.17, 15) is 5.11 Å². The minimum Gasteiger partial charge on any atom is -0.506 e. The molecule has 1 aromatic carbocycles. The molecule has 2 rings (SSSR count). The number of nitrogens with zero attached hydrogens (tertiary/aromatic N) is 2. The molecule has 0 saturated carbocycles. The molecular formula is C11H14Cl2N2O. The summed E-state index contributed by atoms with van der Waals surface area (Å²) in [5, 5.41) is 10.2. The highest BCUT2D eigenvalue weighted by atomic mass is 35.5. The van der Waals surface area contributed by atoms with Crippen molar-refractivity contribution in [2.24, 2.45) is 0 Å². The summed E-state index contributed by atoms with van der Waals surface area (Å²) in [5.41, 5.74) is 0.931. The molecule has 16 heavy (non-hydrogen) atoms. The van der Waals surface area contributed by atoms with Crippen LogP contribution < -0.4 is 4.90 Å². The van der Waals surface area contributed by atoms with E-state index in [-0.39, 0.29) is 10.8 Å². The minimum absolute atomic E-state index is 0.0445. The average Bonchev–Trinajstić information content (AvgIpc) is 2.26. The summed E-state index contributed by atoms with van der Waals surface area (Å²) in [6, 6.07) is 3.47. The Balaban J connectivity index is 2.21. The number of piperazine rings is 1. The number of hydrogen-bond acceptors (Lipinski definition) is 3. The van der Waals surface area contributed by atoms with Gasteiger partial charge in [-0.1, -0.05) is 23.2 Å². The van der Waals surface area contributed by atoms with Crippen molar-refractivity contribution in [1.29, 1.82) is 0 Å². The zero-order valence-corrected chi connectivity index (χ0v) is 10.6. The molecule has 1 aliphatic rings. The fourth-order valence-corrected chi connectivity index (χ4v) is 2.13. The highest BCUT2D eigenvalue weighted by Crippen LogP contribution is 2.35. The molecule has 0 amide bonds. The third-order valence-corrected chi connectivity index (χ3v) is 3.65. The molecule has 0 aromatic heterocycles. The zero-order chi connectivity index (χ0) is 11.7. The van der Waals surface area contributed by atoms with Crippen molar-refractivity contribution in [2.45, 2.75) is 0 Å². The molecule has 0 aliphatic carbocycles. The van der Waals surface area contributed by atoms with Crippen LogP contribution in [0.2, 0.25) is 10.0 Å². The van der Waals surface area contributed by atoms with Crippen molar-refractivity contribution in [1.82, 2.24) is 4.90 Å². The Morgan fingerprint density at radius 2 is 1.75 bits per heavy atom. The first-order valence-electron chi connectivity index (χ1n) is 5.19. The minimum atomic E-state index is 0.0445. The number of aromatic hydroxyl groups is 1. The number of anilines is 1. The van der Waals surface area contributed by atoms with Gasteiger partial charge in [0.05, 0.1) is 5.02 Å². The number of hydrogen-bond donors (Lipinski definition) is 1. The van der Waals surface area contributed by atoms with Crippen LogP contribution in [0.15, 0.2) is 12.1 Å². The largest absolute Gasteiger partial charge is 0.506 e. The van der Waals surface area contributed by atoms with E-state index < -0.39 is 0 Å². The van der Waals surface area contributed by atoms with Gasteiger partial charge in [-0.2, -0.15) is 0 Å². The van der Waals surface area contributed by atoms with E-state index in [1.54, 1.807) is 12.1 Å². The van der Waals surface area contributed by atoms with Gasteiger partial charge in [0.1, 0.15) is 10.8 Å². The molecule has 0 bridgehead atoms. The van der Waals surface area contributed by atoms with Gasteiger partial charge in [0.2, 0.25) is 0 Å². The van der Waals surface area contributed by atoms with Gasteiger partial charge in [-0.25, -0.2) is 0 Å². The van der Waals surface area contributed by atoms with Gasteiger partial charge in [0, 0.05) is 37.9 Å². The highest BCUT2D eigenvalue weighted by Gasteiger charge is 2.16. The van der Waals surface area contributed by atoms with Gasteiger partial charge in [-0.05, 0) is 13.1 Å². The van der Waals surface area contributed by atoms with Crippen molar-refractivity contribution in [3.8, 4) is 5.75 Å². The van der Waals surface area contributed by atoms with E-state index in [1.165, 1.54) is 0 Å². The molecule has 1 aromatic rings. The van der Waals surface area contributed by atoms with Crippen molar-refractivity contribution in [3.05, 3.63) is 22.2 Å². The fourth-order valence-electron chi connectivity index (χ4n) is 1.81. The van der Waals surface area contributed by atoms with Crippen LogP contribution in [0.1, 0.15) is 0 Å². The van der Waals surface area contributed by atoms with Gasteiger partial charge in [0.25, 0.3) is 0 Å². The molecule has 1 fully saturated rings. The van der Waals surface area contributed by atoms with Crippen molar-refractivity contribution in [2.75, 3.05) is 38.1 Å². The second kappa shape index (κ2) is 4.70. The third-order valence-electron chi connectivity index (χ3n) is 2.86. The lowest BCUT2D eigenvalue weighted by atomic mass is 10.2. The van der Waals surface area contributed by atoms with E-state index in [0.29, 0.717) is 5.02 Å². The second-order valence-corrected chi connectivity index (χ2v) is 4.84. The lowest BCUT2D eigenvalue weighted by Crippen LogP contribution is -2.44. The maximum atomic E-state index is 9.61. The SMILES string of the molecule is CN1CCN(c2cc(O)c(Cl)c(Cl)c2)CC1. The monoisotopic (exact) mass is 260 g/mol. The second-order valence-electron chi connectivity index (χ2n) is 4.05. The van der Waals surface area contributed by atoms with Crippen LogP contribution in [-0.2, 0) is 0 Å². The summed E-state index contributed by atoms with van der Waals surface area (Å²) in [6.07, 6.45) is 0. The molecule has 0 atom stereocenters. The van der Waals surface area contributed by atoms with E-state index in [1.807, 2.05) is 0 Å². The number of benzene rings is 1. The van der Waals surface area contributed by atoms with Crippen LogP contribution in [0.25, 0.3) is 0 Å². The van der Waals surface area contributed by atoms with Gasteiger partial charge in [0.15, 0.2) is 0 Å². The number of rotatable bonds is 1. The van der Waals surface area contributed by atoms with Crippen LogP contribution in [-0.4, -0.2) is 43.2 Å². The number of halogens is 2. The molecule has 88 valence electrons. The number of phenolic OH excluding ortho intramolecular Hbond substituents is 1. The number of phenols is 1. The predicted molar refractivity (Wildman–Crippen MR) is 67.8 cm³/mol. The van der Waals surface area contributed by atoms with Gasteiger partial charge in [-0.15, -0.1) is 0 Å². The molecule has 1 N–H and O–H groups in total. The third kappa shape index (κ3) is 2.37. The summed E-state index contributed by atoms with van der Waals surface area (Å²) in [7, 11) is 2.10. The van der Waals surface area contributed by atoms with Crippen molar-refractivity contribution >= 4 is 28.9 Å². The predicted octanol–water partition coefficient (Wildman–Crippen LogP) is 2.45. The Hall–Kier alpha value is -0.640. The van der Waals surface area contributed by atoms with Gasteiger partial charge < -0.3 is 14.9 Å². The first kappa shape index (κ1) is 11.8. The summed E-state index contributed by atoms with van der Waals surface area (Å²) in [6.45, 7) is 3.91. The maximum absolute atomic E-state index is 9.61. The Morgan fingerprint density at radius 3 is 2.31 bits per heavy atom. The topological polar surface area (TPSA) is 26.7 Å². The van der Waals surface area contributed by atoms with Crippen molar-refractivity contribution in [3.63, 3.8) is 0 Å². The normalized spacial score (nSPS) is 17.8. The Labute approximate surface area is 105 Å². The lowest BCUT2D eigenvalue weighted by Gasteiger charge is -2.34. The van der Waals surface area contributed by atoms with Crippen LogP contribution >= 0.6 is 23.2 Å². The Kier molecular flexibility index (Phi) is 3.47. The zero-order valence-electron chi connectivity index (χ0n) is 9.08. The molecular weight excluding hydrogens is 247 g/mol. The van der Waals surface area contributed by atoms with E-state index >= 15 is 0 Å². The first-order chi connectivity index (χ1) is 7.58. The molecule has 0 unspecified atom stereocenters. The standard InChI is InChI=1S/C11H14Cl2N2O/c1-14-2-4-15(5-3-14)8-6-9(12)11(13)10(16)7-8/h6-7,16H,2-5H2,1H3. The molecule has 0 radical (unpaired) electrons. The smallest absolute Gasteiger partial charge is 0.137 e. The number of likely N-dealkylation sites (N-methyl/N-ethyl adjacent to an activating group) is 1.